The summed E-state index contributed by atoms with van der Waals surface area (Å²) in [6, 6.07) is 23.9. The standard InChI is InChI=1S/C29H31N5O2/c1-22(23-10-4-2-5-11-23)20-30-27(35)24-14-18-33(19-15-24)29(36)26-21-31-34(25-12-6-3-7-13-25)28(26)32-16-8-9-17-32/h2-13,16-17,21-22,24H,14-15,18-20H2,1H3,(H,30,35)/t22-/m1/s1. The second kappa shape index (κ2) is 10.6. The van der Waals surface area contributed by atoms with Gasteiger partial charge in [0.1, 0.15) is 5.56 Å². The highest BCUT2D eigenvalue weighted by molar-refractivity contribution is 5.97. The summed E-state index contributed by atoms with van der Waals surface area (Å²) in [5.41, 5.74) is 2.66. The Bertz CT molecular complexity index is 1290. The summed E-state index contributed by atoms with van der Waals surface area (Å²) in [5.74, 6) is 0.913. The average molecular weight is 482 g/mol. The van der Waals surface area contributed by atoms with Gasteiger partial charge >= 0.3 is 0 Å². The van der Waals surface area contributed by atoms with Gasteiger partial charge in [0.2, 0.25) is 5.91 Å². The van der Waals surface area contributed by atoms with E-state index in [1.165, 1.54) is 5.56 Å². The van der Waals surface area contributed by atoms with Gasteiger partial charge in [-0.1, -0.05) is 55.5 Å². The third kappa shape index (κ3) is 4.96. The van der Waals surface area contributed by atoms with Crippen LogP contribution in [0, 0.1) is 5.92 Å². The molecule has 5 rings (SSSR count). The number of hydrogen-bond donors (Lipinski definition) is 1. The van der Waals surface area contributed by atoms with E-state index in [-0.39, 0.29) is 23.7 Å². The van der Waals surface area contributed by atoms with Crippen molar-refractivity contribution in [3.05, 3.63) is 103 Å². The number of benzene rings is 2. The summed E-state index contributed by atoms with van der Waals surface area (Å²) >= 11 is 0. The van der Waals surface area contributed by atoms with Crippen LogP contribution in [0.3, 0.4) is 0 Å². The van der Waals surface area contributed by atoms with E-state index in [0.717, 1.165) is 5.69 Å². The van der Waals surface area contributed by atoms with Crippen LogP contribution >= 0.6 is 0 Å². The second-order valence-corrected chi connectivity index (χ2v) is 9.34. The zero-order valence-corrected chi connectivity index (χ0v) is 20.5. The maximum absolute atomic E-state index is 13.6. The normalized spacial score (nSPS) is 15.0. The molecule has 1 fully saturated rings. The third-order valence-electron chi connectivity index (χ3n) is 6.93. The van der Waals surface area contributed by atoms with Gasteiger partial charge < -0.3 is 14.8 Å². The topological polar surface area (TPSA) is 72.2 Å². The number of para-hydroxylation sites is 1. The van der Waals surface area contributed by atoms with E-state index in [1.54, 1.807) is 10.9 Å². The van der Waals surface area contributed by atoms with Gasteiger partial charge in [0.25, 0.3) is 5.91 Å². The van der Waals surface area contributed by atoms with Gasteiger partial charge in [-0.2, -0.15) is 5.10 Å². The van der Waals surface area contributed by atoms with E-state index in [0.29, 0.717) is 43.9 Å². The predicted octanol–water partition coefficient (Wildman–Crippen LogP) is 4.44. The largest absolute Gasteiger partial charge is 0.355 e. The van der Waals surface area contributed by atoms with Crippen LogP contribution < -0.4 is 5.32 Å². The van der Waals surface area contributed by atoms with Crippen molar-refractivity contribution in [1.82, 2.24) is 24.6 Å². The van der Waals surface area contributed by atoms with E-state index >= 15 is 0 Å². The van der Waals surface area contributed by atoms with Crippen LogP contribution in [0.15, 0.2) is 91.4 Å². The fourth-order valence-corrected chi connectivity index (χ4v) is 4.79. The number of likely N-dealkylation sites (tertiary alicyclic amines) is 1. The van der Waals surface area contributed by atoms with Gasteiger partial charge in [0.05, 0.1) is 11.9 Å². The van der Waals surface area contributed by atoms with E-state index in [9.17, 15) is 9.59 Å². The number of rotatable bonds is 7. The van der Waals surface area contributed by atoms with Crippen molar-refractivity contribution in [2.24, 2.45) is 5.92 Å². The molecule has 1 N–H and O–H groups in total. The van der Waals surface area contributed by atoms with Crippen molar-refractivity contribution in [2.45, 2.75) is 25.7 Å². The molecule has 36 heavy (non-hydrogen) atoms. The molecule has 7 nitrogen and oxygen atoms in total. The third-order valence-corrected chi connectivity index (χ3v) is 6.93. The molecule has 7 heteroatoms. The molecule has 1 saturated heterocycles. The molecule has 0 radical (unpaired) electrons. The van der Waals surface area contributed by atoms with Crippen molar-refractivity contribution in [3.63, 3.8) is 0 Å². The van der Waals surface area contributed by atoms with Gasteiger partial charge in [-0.3, -0.25) is 9.59 Å². The van der Waals surface area contributed by atoms with Crippen LogP contribution in [0.4, 0.5) is 0 Å². The molecule has 1 aliphatic heterocycles. The number of carbonyl (C=O) groups is 2. The number of piperidine rings is 1. The zero-order chi connectivity index (χ0) is 24.9. The highest BCUT2D eigenvalue weighted by Crippen LogP contribution is 2.24. The van der Waals surface area contributed by atoms with Crippen molar-refractivity contribution in [1.29, 1.82) is 0 Å². The summed E-state index contributed by atoms with van der Waals surface area (Å²) in [6.45, 7) is 3.83. The Labute approximate surface area is 211 Å². The first-order chi connectivity index (χ1) is 17.6. The predicted molar refractivity (Wildman–Crippen MR) is 139 cm³/mol. The van der Waals surface area contributed by atoms with Crippen LogP contribution in [0.1, 0.15) is 41.6 Å². The van der Waals surface area contributed by atoms with E-state index in [4.69, 9.17) is 0 Å². The SMILES string of the molecule is C[C@H](CNC(=O)C1CCN(C(=O)c2cnn(-c3ccccc3)c2-n2cccc2)CC1)c1ccccc1. The Kier molecular flexibility index (Phi) is 6.98. The number of nitrogens with zero attached hydrogens (tertiary/aromatic N) is 4. The van der Waals surface area contributed by atoms with E-state index in [1.807, 2.05) is 82.5 Å². The second-order valence-electron chi connectivity index (χ2n) is 9.34. The Morgan fingerprint density at radius 1 is 0.944 bits per heavy atom. The lowest BCUT2D eigenvalue weighted by Gasteiger charge is -2.31. The average Bonchev–Trinajstić information content (AvgIpc) is 3.62. The maximum Gasteiger partial charge on any atom is 0.259 e. The summed E-state index contributed by atoms with van der Waals surface area (Å²) in [6.07, 6.45) is 6.79. The van der Waals surface area contributed by atoms with Gasteiger partial charge in [-0.05, 0) is 48.6 Å². The first kappa shape index (κ1) is 23.6. The van der Waals surface area contributed by atoms with Gasteiger partial charge in [0.15, 0.2) is 5.82 Å². The molecule has 2 amide bonds. The molecule has 2 aromatic carbocycles. The van der Waals surface area contributed by atoms with Gasteiger partial charge in [0, 0.05) is 37.9 Å². The number of aromatic nitrogens is 3. The molecular formula is C29H31N5O2. The first-order valence-corrected chi connectivity index (χ1v) is 12.5. The van der Waals surface area contributed by atoms with Crippen LogP contribution in [0.25, 0.3) is 11.5 Å². The first-order valence-electron chi connectivity index (χ1n) is 12.5. The van der Waals surface area contributed by atoms with Crippen molar-refractivity contribution >= 4 is 11.8 Å². The Morgan fingerprint density at radius 3 is 2.25 bits per heavy atom. The molecule has 3 heterocycles. The minimum Gasteiger partial charge on any atom is -0.355 e. The van der Waals surface area contributed by atoms with Crippen molar-refractivity contribution in [2.75, 3.05) is 19.6 Å². The quantitative estimate of drug-likeness (QED) is 0.424. The summed E-state index contributed by atoms with van der Waals surface area (Å²) in [7, 11) is 0. The van der Waals surface area contributed by atoms with E-state index < -0.39 is 0 Å². The van der Waals surface area contributed by atoms with Crippen LogP contribution in [0.5, 0.6) is 0 Å². The number of amides is 2. The summed E-state index contributed by atoms with van der Waals surface area (Å²) in [5, 5.41) is 7.67. The summed E-state index contributed by atoms with van der Waals surface area (Å²) in [4.78, 5) is 28.2. The zero-order valence-electron chi connectivity index (χ0n) is 20.5. The lowest BCUT2D eigenvalue weighted by molar-refractivity contribution is -0.126. The number of hydrogen-bond acceptors (Lipinski definition) is 3. The Hall–Kier alpha value is -4.13. The lowest BCUT2D eigenvalue weighted by atomic mass is 9.94. The summed E-state index contributed by atoms with van der Waals surface area (Å²) < 4.78 is 3.71. The molecule has 184 valence electrons. The Morgan fingerprint density at radius 2 is 1.58 bits per heavy atom. The molecular weight excluding hydrogens is 450 g/mol. The molecule has 0 aliphatic carbocycles. The number of nitrogens with one attached hydrogen (secondary N) is 1. The van der Waals surface area contributed by atoms with Crippen molar-refractivity contribution < 1.29 is 9.59 Å². The highest BCUT2D eigenvalue weighted by atomic mass is 16.2. The Balaban J connectivity index is 1.24. The van der Waals surface area contributed by atoms with Crippen LogP contribution in [0.2, 0.25) is 0 Å². The van der Waals surface area contributed by atoms with Crippen molar-refractivity contribution in [3.8, 4) is 11.5 Å². The molecule has 0 spiro atoms. The highest BCUT2D eigenvalue weighted by Gasteiger charge is 2.30. The smallest absolute Gasteiger partial charge is 0.259 e. The molecule has 1 atom stereocenters. The minimum absolute atomic E-state index is 0.0579. The molecule has 1 aliphatic rings. The van der Waals surface area contributed by atoms with Crippen LogP contribution in [-0.4, -0.2) is 50.7 Å². The monoisotopic (exact) mass is 481 g/mol. The fourth-order valence-electron chi connectivity index (χ4n) is 4.79. The van der Waals surface area contributed by atoms with Gasteiger partial charge in [-0.25, -0.2) is 4.68 Å². The molecule has 4 aromatic rings. The number of carbonyl (C=O) groups excluding carboxylic acids is 2. The van der Waals surface area contributed by atoms with Gasteiger partial charge in [-0.15, -0.1) is 0 Å². The maximum atomic E-state index is 13.6. The molecule has 0 unspecified atom stereocenters. The minimum atomic E-state index is -0.0759. The molecule has 0 saturated carbocycles. The van der Waals surface area contributed by atoms with Crippen LogP contribution in [-0.2, 0) is 4.79 Å². The fraction of sp³-hybridized carbons (Fsp3) is 0.276. The lowest BCUT2D eigenvalue weighted by Crippen LogP contribution is -2.43. The molecule has 0 bridgehead atoms. The van der Waals surface area contributed by atoms with E-state index in [2.05, 4.69) is 29.5 Å². The molecule has 2 aromatic heterocycles.